The minimum Gasteiger partial charge on any atom is -0.467 e. The summed E-state index contributed by atoms with van der Waals surface area (Å²) in [5.74, 6) is 1.23. The Bertz CT molecular complexity index is 803. The summed E-state index contributed by atoms with van der Waals surface area (Å²) in [4.78, 5) is 16.5. The maximum atomic E-state index is 12.3. The number of carbonyl (C=O) groups excluding carboxylic acids is 1. The highest BCUT2D eigenvalue weighted by molar-refractivity contribution is 9.10. The molecule has 2 N–H and O–H groups in total. The Balaban J connectivity index is 1.67. The van der Waals surface area contributed by atoms with Gasteiger partial charge in [-0.3, -0.25) is 4.79 Å². The van der Waals surface area contributed by atoms with E-state index in [9.17, 15) is 4.79 Å². The summed E-state index contributed by atoms with van der Waals surface area (Å²) in [6.07, 6.45) is 3.21. The van der Waals surface area contributed by atoms with Crippen LogP contribution in [0.15, 0.2) is 69.9 Å². The second-order valence-corrected chi connectivity index (χ2v) is 5.74. The van der Waals surface area contributed by atoms with E-state index in [1.165, 1.54) is 0 Å². The van der Waals surface area contributed by atoms with E-state index in [4.69, 9.17) is 4.42 Å². The molecule has 0 radical (unpaired) electrons. The van der Waals surface area contributed by atoms with Crippen LogP contribution in [0.3, 0.4) is 0 Å². The molecule has 5 nitrogen and oxygen atoms in total. The molecule has 0 spiro atoms. The zero-order valence-corrected chi connectivity index (χ0v) is 13.7. The maximum absolute atomic E-state index is 12.3. The van der Waals surface area contributed by atoms with Gasteiger partial charge in [0.15, 0.2) is 0 Å². The number of carbonyl (C=O) groups is 1. The molecule has 0 aliphatic rings. The lowest BCUT2D eigenvalue weighted by Crippen LogP contribution is -2.12. The van der Waals surface area contributed by atoms with Crippen molar-refractivity contribution in [3.63, 3.8) is 0 Å². The van der Waals surface area contributed by atoms with Gasteiger partial charge in [0.1, 0.15) is 11.6 Å². The number of pyridine rings is 1. The third-order valence-corrected chi connectivity index (χ3v) is 3.62. The first kappa shape index (κ1) is 15.3. The first-order chi connectivity index (χ1) is 11.2. The van der Waals surface area contributed by atoms with Crippen LogP contribution in [-0.2, 0) is 6.54 Å². The van der Waals surface area contributed by atoms with Gasteiger partial charge < -0.3 is 15.1 Å². The number of nitrogens with one attached hydrogen (secondary N) is 2. The average molecular weight is 372 g/mol. The van der Waals surface area contributed by atoms with Crippen molar-refractivity contribution < 1.29 is 9.21 Å². The largest absolute Gasteiger partial charge is 0.467 e. The van der Waals surface area contributed by atoms with Gasteiger partial charge in [-0.1, -0.05) is 22.0 Å². The summed E-state index contributed by atoms with van der Waals surface area (Å²) in [6, 6.07) is 14.5. The van der Waals surface area contributed by atoms with Gasteiger partial charge in [0, 0.05) is 21.9 Å². The van der Waals surface area contributed by atoms with Crippen LogP contribution in [0.25, 0.3) is 0 Å². The number of benzene rings is 1. The van der Waals surface area contributed by atoms with Crippen molar-refractivity contribution in [1.29, 1.82) is 0 Å². The Morgan fingerprint density at radius 3 is 2.87 bits per heavy atom. The Hall–Kier alpha value is -2.60. The second kappa shape index (κ2) is 7.11. The Kier molecular flexibility index (Phi) is 4.73. The molecule has 3 rings (SSSR count). The highest BCUT2D eigenvalue weighted by Crippen LogP contribution is 2.17. The third kappa shape index (κ3) is 4.20. The van der Waals surface area contributed by atoms with Gasteiger partial charge in [0.25, 0.3) is 5.91 Å². The zero-order valence-electron chi connectivity index (χ0n) is 12.1. The number of anilines is 2. The Morgan fingerprint density at radius 1 is 1.17 bits per heavy atom. The Labute approximate surface area is 141 Å². The molecule has 0 saturated carbocycles. The van der Waals surface area contributed by atoms with Crippen molar-refractivity contribution in [1.82, 2.24) is 4.98 Å². The monoisotopic (exact) mass is 371 g/mol. The molecule has 0 bridgehead atoms. The maximum Gasteiger partial charge on any atom is 0.255 e. The molecule has 116 valence electrons. The smallest absolute Gasteiger partial charge is 0.255 e. The molecule has 0 aliphatic carbocycles. The summed E-state index contributed by atoms with van der Waals surface area (Å²) in [5.41, 5.74) is 1.26. The summed E-state index contributed by atoms with van der Waals surface area (Å²) >= 11 is 3.38. The van der Waals surface area contributed by atoms with E-state index >= 15 is 0 Å². The predicted molar refractivity (Wildman–Crippen MR) is 92.4 cm³/mol. The van der Waals surface area contributed by atoms with Gasteiger partial charge in [0.2, 0.25) is 0 Å². The van der Waals surface area contributed by atoms with Crippen molar-refractivity contribution in [2.75, 3.05) is 10.6 Å². The standard InChI is InChI=1S/C17H14BrN3O2/c18-13-3-1-4-14(10-13)21-17(22)12-6-7-19-16(9-12)20-11-15-5-2-8-23-15/h1-10H,11H2,(H,19,20)(H,21,22). The number of aromatic nitrogens is 1. The summed E-state index contributed by atoms with van der Waals surface area (Å²) in [5, 5.41) is 5.98. The van der Waals surface area contributed by atoms with E-state index < -0.39 is 0 Å². The van der Waals surface area contributed by atoms with Crippen LogP contribution in [0, 0.1) is 0 Å². The van der Waals surface area contributed by atoms with Crippen molar-refractivity contribution in [2.24, 2.45) is 0 Å². The number of rotatable bonds is 5. The molecule has 3 aromatic rings. The highest BCUT2D eigenvalue weighted by atomic mass is 79.9. The van der Waals surface area contributed by atoms with E-state index in [0.717, 1.165) is 15.9 Å². The first-order valence-corrected chi connectivity index (χ1v) is 7.79. The number of halogens is 1. The van der Waals surface area contributed by atoms with Crippen molar-refractivity contribution in [3.05, 3.63) is 76.8 Å². The fourth-order valence-electron chi connectivity index (χ4n) is 2.03. The minimum atomic E-state index is -0.188. The van der Waals surface area contributed by atoms with Gasteiger partial charge in [-0.05, 0) is 42.5 Å². The molecule has 0 atom stereocenters. The fraction of sp³-hybridized carbons (Fsp3) is 0.0588. The van der Waals surface area contributed by atoms with E-state index in [1.807, 2.05) is 36.4 Å². The minimum absolute atomic E-state index is 0.188. The van der Waals surface area contributed by atoms with Gasteiger partial charge >= 0.3 is 0 Å². The van der Waals surface area contributed by atoms with Gasteiger partial charge in [-0.15, -0.1) is 0 Å². The van der Waals surface area contributed by atoms with Gasteiger partial charge in [-0.2, -0.15) is 0 Å². The topological polar surface area (TPSA) is 67.2 Å². The molecule has 0 fully saturated rings. The average Bonchev–Trinajstić information content (AvgIpc) is 3.07. The van der Waals surface area contributed by atoms with Crippen molar-refractivity contribution in [3.8, 4) is 0 Å². The summed E-state index contributed by atoms with van der Waals surface area (Å²) in [7, 11) is 0. The molecule has 23 heavy (non-hydrogen) atoms. The van der Waals surface area contributed by atoms with Crippen molar-refractivity contribution >= 4 is 33.3 Å². The predicted octanol–water partition coefficient (Wildman–Crippen LogP) is 4.30. The number of hydrogen-bond acceptors (Lipinski definition) is 4. The van der Waals surface area contributed by atoms with Crippen LogP contribution in [0.2, 0.25) is 0 Å². The number of furan rings is 1. The molecule has 0 aliphatic heterocycles. The molecule has 0 unspecified atom stereocenters. The van der Waals surface area contributed by atoms with Crippen molar-refractivity contribution in [2.45, 2.75) is 6.54 Å². The van der Waals surface area contributed by atoms with Gasteiger partial charge in [0.05, 0.1) is 12.8 Å². The van der Waals surface area contributed by atoms with Crippen LogP contribution < -0.4 is 10.6 Å². The van der Waals surface area contributed by atoms with Gasteiger partial charge in [-0.25, -0.2) is 4.98 Å². The molecule has 1 amide bonds. The molecule has 0 saturated heterocycles. The summed E-state index contributed by atoms with van der Waals surface area (Å²) < 4.78 is 6.16. The van der Waals surface area contributed by atoms with Crippen LogP contribution in [0.1, 0.15) is 16.1 Å². The zero-order chi connectivity index (χ0) is 16.1. The third-order valence-electron chi connectivity index (χ3n) is 3.13. The number of amides is 1. The van der Waals surface area contributed by atoms with E-state index in [0.29, 0.717) is 17.9 Å². The van der Waals surface area contributed by atoms with E-state index in [2.05, 4.69) is 31.5 Å². The Morgan fingerprint density at radius 2 is 2.09 bits per heavy atom. The molecule has 6 heteroatoms. The second-order valence-electron chi connectivity index (χ2n) is 4.83. The quantitative estimate of drug-likeness (QED) is 0.701. The van der Waals surface area contributed by atoms with Crippen LogP contribution in [0.5, 0.6) is 0 Å². The highest BCUT2D eigenvalue weighted by Gasteiger charge is 2.08. The van der Waals surface area contributed by atoms with Crippen LogP contribution in [-0.4, -0.2) is 10.9 Å². The molecule has 1 aromatic carbocycles. The molecule has 2 heterocycles. The van der Waals surface area contributed by atoms with Crippen LogP contribution >= 0.6 is 15.9 Å². The lowest BCUT2D eigenvalue weighted by Gasteiger charge is -2.08. The lowest BCUT2D eigenvalue weighted by molar-refractivity contribution is 0.102. The normalized spacial score (nSPS) is 10.3. The molecular formula is C17H14BrN3O2. The van der Waals surface area contributed by atoms with Crippen LogP contribution in [0.4, 0.5) is 11.5 Å². The van der Waals surface area contributed by atoms with E-state index in [1.54, 1.807) is 24.6 Å². The number of hydrogen-bond donors (Lipinski definition) is 2. The number of nitrogens with zero attached hydrogens (tertiary/aromatic N) is 1. The van der Waals surface area contributed by atoms with E-state index in [-0.39, 0.29) is 5.91 Å². The summed E-state index contributed by atoms with van der Waals surface area (Å²) in [6.45, 7) is 0.511. The molecule has 2 aromatic heterocycles. The SMILES string of the molecule is O=C(Nc1cccc(Br)c1)c1ccnc(NCc2ccco2)c1. The fourth-order valence-corrected chi connectivity index (χ4v) is 2.43. The lowest BCUT2D eigenvalue weighted by atomic mass is 10.2. The molecular weight excluding hydrogens is 358 g/mol. The first-order valence-electron chi connectivity index (χ1n) is 7.00.